The molecule has 1 aliphatic heterocycles. The van der Waals surface area contributed by atoms with Gasteiger partial charge in [0.1, 0.15) is 0 Å². The second-order valence-electron chi connectivity index (χ2n) is 5.21. The van der Waals surface area contributed by atoms with Crippen LogP contribution in [0.25, 0.3) is 0 Å². The van der Waals surface area contributed by atoms with Gasteiger partial charge in [0.25, 0.3) is 0 Å². The standard InChI is InChI=1S/C14H26N6S/c1-4-15-12-17-13(16-11(3)10-21-5-2)19-14(18-12)20-8-6-7-9-20/h11H,4-10H2,1-3H3,(H2,15,16,17,18,19). The molecule has 2 rings (SSSR count). The molecule has 1 fully saturated rings. The molecule has 1 atom stereocenters. The third-order valence-corrected chi connectivity index (χ3v) is 4.44. The molecule has 0 spiro atoms. The van der Waals surface area contributed by atoms with E-state index in [0.717, 1.165) is 37.1 Å². The number of hydrogen-bond acceptors (Lipinski definition) is 7. The van der Waals surface area contributed by atoms with E-state index in [0.29, 0.717) is 17.9 Å². The van der Waals surface area contributed by atoms with Gasteiger partial charge in [-0.2, -0.15) is 26.7 Å². The lowest BCUT2D eigenvalue weighted by Crippen LogP contribution is -2.25. The summed E-state index contributed by atoms with van der Waals surface area (Å²) in [5.41, 5.74) is 0. The number of thioether (sulfide) groups is 1. The first-order chi connectivity index (χ1) is 10.2. The van der Waals surface area contributed by atoms with Crippen LogP contribution in [0.4, 0.5) is 17.8 Å². The summed E-state index contributed by atoms with van der Waals surface area (Å²) in [6.07, 6.45) is 2.43. The van der Waals surface area contributed by atoms with Gasteiger partial charge >= 0.3 is 0 Å². The van der Waals surface area contributed by atoms with Crippen LogP contribution in [-0.2, 0) is 0 Å². The van der Waals surface area contributed by atoms with Gasteiger partial charge in [-0.15, -0.1) is 0 Å². The van der Waals surface area contributed by atoms with Gasteiger partial charge in [-0.1, -0.05) is 6.92 Å². The molecule has 0 bridgehead atoms. The van der Waals surface area contributed by atoms with Crippen LogP contribution < -0.4 is 15.5 Å². The van der Waals surface area contributed by atoms with Crippen molar-refractivity contribution in [2.45, 2.75) is 39.7 Å². The van der Waals surface area contributed by atoms with Gasteiger partial charge in [-0.3, -0.25) is 0 Å². The fourth-order valence-corrected chi connectivity index (χ4v) is 2.95. The van der Waals surface area contributed by atoms with Gasteiger partial charge in [0.15, 0.2) is 0 Å². The minimum Gasteiger partial charge on any atom is -0.354 e. The van der Waals surface area contributed by atoms with E-state index in [9.17, 15) is 0 Å². The highest BCUT2D eigenvalue weighted by Gasteiger charge is 2.17. The van der Waals surface area contributed by atoms with Crippen LogP contribution in [0.15, 0.2) is 0 Å². The number of hydrogen-bond donors (Lipinski definition) is 2. The summed E-state index contributed by atoms with van der Waals surface area (Å²) in [6.45, 7) is 9.27. The molecule has 6 nitrogen and oxygen atoms in total. The quantitative estimate of drug-likeness (QED) is 0.764. The molecule has 0 saturated carbocycles. The normalized spacial score (nSPS) is 16.0. The minimum atomic E-state index is 0.346. The van der Waals surface area contributed by atoms with Gasteiger partial charge in [0.05, 0.1) is 0 Å². The summed E-state index contributed by atoms with van der Waals surface area (Å²) in [5.74, 6) is 4.30. The molecule has 2 heterocycles. The van der Waals surface area contributed by atoms with Crippen molar-refractivity contribution in [3.8, 4) is 0 Å². The summed E-state index contributed by atoms with van der Waals surface area (Å²) in [6, 6.07) is 0.346. The highest BCUT2D eigenvalue weighted by atomic mass is 32.2. The lowest BCUT2D eigenvalue weighted by atomic mass is 10.4. The predicted octanol–water partition coefficient (Wildman–Crippen LogP) is 2.46. The van der Waals surface area contributed by atoms with Gasteiger partial charge in [-0.05, 0) is 32.4 Å². The highest BCUT2D eigenvalue weighted by molar-refractivity contribution is 7.99. The first kappa shape index (κ1) is 16.1. The number of nitrogens with zero attached hydrogens (tertiary/aromatic N) is 4. The summed E-state index contributed by atoms with van der Waals surface area (Å²) in [5, 5.41) is 6.58. The molecule has 118 valence electrons. The fraction of sp³-hybridized carbons (Fsp3) is 0.786. The fourth-order valence-electron chi connectivity index (χ4n) is 2.28. The van der Waals surface area contributed by atoms with Crippen molar-refractivity contribution in [2.75, 3.05) is 46.7 Å². The third kappa shape index (κ3) is 4.91. The summed E-state index contributed by atoms with van der Waals surface area (Å²) >= 11 is 1.92. The van der Waals surface area contributed by atoms with Crippen molar-refractivity contribution < 1.29 is 0 Å². The first-order valence-corrected chi connectivity index (χ1v) is 8.97. The van der Waals surface area contributed by atoms with E-state index >= 15 is 0 Å². The minimum absolute atomic E-state index is 0.346. The van der Waals surface area contributed by atoms with E-state index < -0.39 is 0 Å². The maximum atomic E-state index is 4.59. The Morgan fingerprint density at radius 3 is 2.52 bits per heavy atom. The molecule has 1 unspecified atom stereocenters. The lowest BCUT2D eigenvalue weighted by molar-refractivity contribution is 0.847. The Morgan fingerprint density at radius 2 is 1.86 bits per heavy atom. The molecule has 2 N–H and O–H groups in total. The average molecular weight is 310 g/mol. The Bertz CT molecular complexity index is 435. The molecule has 1 aromatic rings. The van der Waals surface area contributed by atoms with E-state index in [4.69, 9.17) is 0 Å². The molecule has 0 amide bonds. The second kappa shape index (κ2) is 8.26. The molecule has 21 heavy (non-hydrogen) atoms. The van der Waals surface area contributed by atoms with E-state index in [1.54, 1.807) is 0 Å². The molecular weight excluding hydrogens is 284 g/mol. The number of anilines is 3. The van der Waals surface area contributed by atoms with Crippen LogP contribution in [0, 0.1) is 0 Å². The van der Waals surface area contributed by atoms with E-state index in [1.807, 2.05) is 18.7 Å². The molecule has 7 heteroatoms. The highest BCUT2D eigenvalue weighted by Crippen LogP contribution is 2.19. The Labute approximate surface area is 131 Å². The topological polar surface area (TPSA) is 66.0 Å². The number of nitrogens with one attached hydrogen (secondary N) is 2. The van der Waals surface area contributed by atoms with Crippen molar-refractivity contribution in [1.82, 2.24) is 15.0 Å². The molecule has 0 aromatic carbocycles. The SMILES string of the molecule is CCNc1nc(NC(C)CSCC)nc(N2CCCC2)n1. The monoisotopic (exact) mass is 310 g/mol. The molecule has 1 saturated heterocycles. The molecule has 0 radical (unpaired) electrons. The van der Waals surface area contributed by atoms with Crippen molar-refractivity contribution in [3.63, 3.8) is 0 Å². The van der Waals surface area contributed by atoms with Crippen LogP contribution in [0.3, 0.4) is 0 Å². The summed E-state index contributed by atoms with van der Waals surface area (Å²) < 4.78 is 0. The van der Waals surface area contributed by atoms with E-state index in [-0.39, 0.29) is 0 Å². The van der Waals surface area contributed by atoms with Crippen LogP contribution in [0.2, 0.25) is 0 Å². The Morgan fingerprint density at radius 1 is 1.14 bits per heavy atom. The molecule has 1 aliphatic rings. The van der Waals surface area contributed by atoms with Gasteiger partial charge in [0, 0.05) is 31.4 Å². The van der Waals surface area contributed by atoms with Gasteiger partial charge in [0.2, 0.25) is 17.8 Å². The van der Waals surface area contributed by atoms with Crippen LogP contribution in [0.1, 0.15) is 33.6 Å². The Hall–Kier alpha value is -1.24. The summed E-state index contributed by atoms with van der Waals surface area (Å²) in [7, 11) is 0. The third-order valence-electron chi connectivity index (χ3n) is 3.29. The van der Waals surface area contributed by atoms with Crippen LogP contribution >= 0.6 is 11.8 Å². The number of rotatable bonds is 8. The maximum Gasteiger partial charge on any atom is 0.231 e. The van der Waals surface area contributed by atoms with Crippen molar-refractivity contribution in [2.24, 2.45) is 0 Å². The zero-order valence-corrected chi connectivity index (χ0v) is 14.0. The molecule has 1 aromatic heterocycles. The van der Waals surface area contributed by atoms with Crippen molar-refractivity contribution >= 4 is 29.6 Å². The van der Waals surface area contributed by atoms with Crippen molar-refractivity contribution in [1.29, 1.82) is 0 Å². The lowest BCUT2D eigenvalue weighted by Gasteiger charge is -2.18. The zero-order chi connectivity index (χ0) is 15.1. The van der Waals surface area contributed by atoms with Crippen LogP contribution in [-0.4, -0.2) is 52.1 Å². The largest absolute Gasteiger partial charge is 0.354 e. The Balaban J connectivity index is 2.10. The van der Waals surface area contributed by atoms with Crippen molar-refractivity contribution in [3.05, 3.63) is 0 Å². The Kier molecular flexibility index (Phi) is 6.35. The second-order valence-corrected chi connectivity index (χ2v) is 6.53. The first-order valence-electron chi connectivity index (χ1n) is 7.82. The van der Waals surface area contributed by atoms with Gasteiger partial charge < -0.3 is 15.5 Å². The predicted molar refractivity (Wildman–Crippen MR) is 91.5 cm³/mol. The van der Waals surface area contributed by atoms with Gasteiger partial charge in [-0.25, -0.2) is 0 Å². The number of aromatic nitrogens is 3. The smallest absolute Gasteiger partial charge is 0.231 e. The maximum absolute atomic E-state index is 4.59. The average Bonchev–Trinajstić information content (AvgIpc) is 2.99. The van der Waals surface area contributed by atoms with Crippen LogP contribution in [0.5, 0.6) is 0 Å². The summed E-state index contributed by atoms with van der Waals surface area (Å²) in [4.78, 5) is 15.8. The zero-order valence-electron chi connectivity index (χ0n) is 13.2. The molecule has 0 aliphatic carbocycles. The van der Waals surface area contributed by atoms with E-state index in [1.165, 1.54) is 12.8 Å². The van der Waals surface area contributed by atoms with E-state index in [2.05, 4.69) is 44.3 Å². The molecular formula is C14H26N6S.